The molecule has 1 fully saturated rings. The Bertz CT molecular complexity index is 397. The summed E-state index contributed by atoms with van der Waals surface area (Å²) in [5.41, 5.74) is 2.71. The first kappa shape index (κ1) is 16.2. The van der Waals surface area contributed by atoms with Gasteiger partial charge in [-0.25, -0.2) is 0 Å². The Labute approximate surface area is 130 Å². The molecular weight excluding hydrogens is 258 g/mol. The molecule has 3 nitrogen and oxygen atoms in total. The van der Waals surface area contributed by atoms with E-state index in [1.807, 2.05) is 0 Å². The predicted octanol–water partition coefficient (Wildman–Crippen LogP) is 3.50. The van der Waals surface area contributed by atoms with Gasteiger partial charge in [-0.15, -0.1) is 0 Å². The second-order valence-electron chi connectivity index (χ2n) is 5.88. The summed E-state index contributed by atoms with van der Waals surface area (Å²) < 4.78 is 0. The molecule has 1 aromatic carbocycles. The third-order valence-corrected chi connectivity index (χ3v) is 4.62. The highest BCUT2D eigenvalue weighted by Gasteiger charge is 2.14. The predicted molar refractivity (Wildman–Crippen MR) is 93.5 cm³/mol. The zero-order valence-corrected chi connectivity index (χ0v) is 13.9. The van der Waals surface area contributed by atoms with Gasteiger partial charge in [0.1, 0.15) is 0 Å². The first-order chi connectivity index (χ1) is 10.3. The van der Waals surface area contributed by atoms with E-state index in [9.17, 15) is 0 Å². The van der Waals surface area contributed by atoms with Crippen molar-refractivity contribution in [1.82, 2.24) is 5.32 Å². The van der Waals surface area contributed by atoms with Crippen molar-refractivity contribution in [3.05, 3.63) is 24.3 Å². The van der Waals surface area contributed by atoms with Crippen LogP contribution < -0.4 is 15.1 Å². The third-order valence-electron chi connectivity index (χ3n) is 4.62. The summed E-state index contributed by atoms with van der Waals surface area (Å²) in [7, 11) is 0. The highest BCUT2D eigenvalue weighted by Crippen LogP contribution is 2.22. The van der Waals surface area contributed by atoms with E-state index < -0.39 is 0 Å². The van der Waals surface area contributed by atoms with E-state index in [0.29, 0.717) is 6.04 Å². The lowest BCUT2D eigenvalue weighted by Crippen LogP contribution is -2.39. The van der Waals surface area contributed by atoms with Crippen molar-refractivity contribution >= 4 is 11.4 Å². The van der Waals surface area contributed by atoms with Gasteiger partial charge in [0.15, 0.2) is 0 Å². The minimum absolute atomic E-state index is 0.683. The van der Waals surface area contributed by atoms with Crippen LogP contribution in [0.2, 0.25) is 0 Å². The van der Waals surface area contributed by atoms with Crippen molar-refractivity contribution < 1.29 is 0 Å². The first-order valence-corrected chi connectivity index (χ1v) is 8.61. The summed E-state index contributed by atoms with van der Waals surface area (Å²) in [5.74, 6) is 0. The fraction of sp³-hybridized carbons (Fsp3) is 0.667. The summed E-state index contributed by atoms with van der Waals surface area (Å²) in [6.07, 6.45) is 3.71. The molecule has 0 aromatic heterocycles. The molecule has 3 heteroatoms. The van der Waals surface area contributed by atoms with Crippen LogP contribution in [0.4, 0.5) is 11.4 Å². The molecule has 0 spiro atoms. The Morgan fingerprint density at radius 3 is 2.43 bits per heavy atom. The van der Waals surface area contributed by atoms with Crippen LogP contribution in [0.5, 0.6) is 0 Å². The van der Waals surface area contributed by atoms with Crippen LogP contribution in [-0.4, -0.2) is 38.8 Å². The van der Waals surface area contributed by atoms with Crippen LogP contribution in [-0.2, 0) is 0 Å². The molecule has 2 rings (SSSR count). The number of nitrogens with one attached hydrogen (secondary N) is 1. The zero-order chi connectivity index (χ0) is 15.1. The Morgan fingerprint density at radius 1 is 1.10 bits per heavy atom. The summed E-state index contributed by atoms with van der Waals surface area (Å²) in [4.78, 5) is 4.95. The van der Waals surface area contributed by atoms with Crippen LogP contribution >= 0.6 is 0 Å². The molecule has 0 radical (unpaired) electrons. The lowest BCUT2D eigenvalue weighted by atomic mass is 10.1. The van der Waals surface area contributed by atoms with E-state index in [4.69, 9.17) is 0 Å². The Morgan fingerprint density at radius 2 is 1.81 bits per heavy atom. The van der Waals surface area contributed by atoms with Gasteiger partial charge < -0.3 is 15.1 Å². The molecule has 1 aromatic rings. The van der Waals surface area contributed by atoms with Gasteiger partial charge in [0, 0.05) is 43.6 Å². The normalized spacial score (nSPS) is 20.0. The summed E-state index contributed by atoms with van der Waals surface area (Å²) >= 11 is 0. The smallest absolute Gasteiger partial charge is 0.0367 e. The van der Waals surface area contributed by atoms with E-state index >= 15 is 0 Å². The highest BCUT2D eigenvalue weighted by atomic mass is 15.1. The van der Waals surface area contributed by atoms with Crippen LogP contribution in [0.1, 0.15) is 40.0 Å². The Kier molecular flexibility index (Phi) is 6.37. The van der Waals surface area contributed by atoms with Crippen LogP contribution in [0, 0.1) is 0 Å². The highest BCUT2D eigenvalue weighted by molar-refractivity contribution is 5.56. The average molecular weight is 289 g/mol. The Hall–Kier alpha value is -1.22. The van der Waals surface area contributed by atoms with Crippen molar-refractivity contribution in [2.24, 2.45) is 0 Å². The molecule has 1 aliphatic heterocycles. The first-order valence-electron chi connectivity index (χ1n) is 8.61. The van der Waals surface area contributed by atoms with E-state index in [1.54, 1.807) is 0 Å². The second kappa shape index (κ2) is 8.28. The van der Waals surface area contributed by atoms with Crippen LogP contribution in [0.25, 0.3) is 0 Å². The largest absolute Gasteiger partial charge is 0.372 e. The molecule has 1 aliphatic rings. The van der Waals surface area contributed by atoms with Crippen molar-refractivity contribution in [3.8, 4) is 0 Å². The molecule has 0 amide bonds. The lowest BCUT2D eigenvalue weighted by molar-refractivity contribution is 0.439. The van der Waals surface area contributed by atoms with Gasteiger partial charge >= 0.3 is 0 Å². The van der Waals surface area contributed by atoms with Gasteiger partial charge in [0.25, 0.3) is 0 Å². The van der Waals surface area contributed by atoms with E-state index in [-0.39, 0.29) is 0 Å². The quantitative estimate of drug-likeness (QED) is 0.895. The molecule has 1 unspecified atom stereocenters. The van der Waals surface area contributed by atoms with Gasteiger partial charge in [-0.05, 0) is 63.9 Å². The molecule has 0 saturated carbocycles. The number of hydrogen-bond donors (Lipinski definition) is 1. The standard InChI is InChI=1S/C18H31N3/c1-4-16-12-15-21(14-7-13-19-16)18-10-8-17(9-11-18)20(5-2)6-3/h8-11,16,19H,4-7,12-15H2,1-3H3. The van der Waals surface area contributed by atoms with Gasteiger partial charge in [-0.1, -0.05) is 6.92 Å². The molecule has 1 N–H and O–H groups in total. The molecule has 1 atom stereocenters. The maximum atomic E-state index is 3.65. The van der Waals surface area contributed by atoms with Crippen molar-refractivity contribution in [1.29, 1.82) is 0 Å². The van der Waals surface area contributed by atoms with Gasteiger partial charge in [-0.2, -0.15) is 0 Å². The number of rotatable bonds is 5. The maximum absolute atomic E-state index is 3.65. The second-order valence-corrected chi connectivity index (χ2v) is 5.88. The maximum Gasteiger partial charge on any atom is 0.0367 e. The van der Waals surface area contributed by atoms with E-state index in [0.717, 1.165) is 32.7 Å². The molecule has 1 saturated heterocycles. The minimum atomic E-state index is 0.683. The van der Waals surface area contributed by atoms with E-state index in [1.165, 1.54) is 30.6 Å². The molecule has 1 heterocycles. The molecule has 0 aliphatic carbocycles. The SMILES string of the molecule is CCC1CCN(c2ccc(N(CC)CC)cc2)CCCN1. The number of anilines is 2. The number of hydrogen-bond acceptors (Lipinski definition) is 3. The molecule has 0 bridgehead atoms. The zero-order valence-electron chi connectivity index (χ0n) is 13.9. The number of nitrogens with zero attached hydrogens (tertiary/aromatic N) is 2. The van der Waals surface area contributed by atoms with Gasteiger partial charge in [0.05, 0.1) is 0 Å². The van der Waals surface area contributed by atoms with Crippen molar-refractivity contribution in [2.75, 3.05) is 42.5 Å². The topological polar surface area (TPSA) is 18.5 Å². The monoisotopic (exact) mass is 289 g/mol. The van der Waals surface area contributed by atoms with Crippen molar-refractivity contribution in [2.45, 2.75) is 46.1 Å². The summed E-state index contributed by atoms with van der Waals surface area (Å²) in [6.45, 7) is 12.3. The molecule has 118 valence electrons. The fourth-order valence-electron chi connectivity index (χ4n) is 3.17. The van der Waals surface area contributed by atoms with Crippen molar-refractivity contribution in [3.63, 3.8) is 0 Å². The average Bonchev–Trinajstić information content (AvgIpc) is 2.50. The fourth-order valence-corrected chi connectivity index (χ4v) is 3.17. The molecule has 21 heavy (non-hydrogen) atoms. The third kappa shape index (κ3) is 4.37. The number of benzene rings is 1. The van der Waals surface area contributed by atoms with E-state index in [2.05, 4.69) is 60.2 Å². The van der Waals surface area contributed by atoms with Gasteiger partial charge in [0.2, 0.25) is 0 Å². The van der Waals surface area contributed by atoms with Crippen LogP contribution in [0.3, 0.4) is 0 Å². The lowest BCUT2D eigenvalue weighted by Gasteiger charge is -2.31. The molecular formula is C18H31N3. The van der Waals surface area contributed by atoms with Crippen LogP contribution in [0.15, 0.2) is 24.3 Å². The Balaban J connectivity index is 2.02. The van der Waals surface area contributed by atoms with Gasteiger partial charge in [-0.3, -0.25) is 0 Å². The summed E-state index contributed by atoms with van der Waals surface area (Å²) in [5, 5.41) is 3.65. The minimum Gasteiger partial charge on any atom is -0.372 e. The summed E-state index contributed by atoms with van der Waals surface area (Å²) in [6, 6.07) is 9.82.